The molecule has 0 fully saturated rings. The first-order chi connectivity index (χ1) is 21.1. The largest absolute Gasteiger partial charge is 0.360 e. The molecular formula is C37H30ClN5S. The zero-order valence-corrected chi connectivity index (χ0v) is 25.7. The van der Waals surface area contributed by atoms with Gasteiger partial charge in [0.2, 0.25) is 0 Å². The number of nitrogens with one attached hydrogen (secondary N) is 4. The Kier molecular flexibility index (Phi) is 8.20. The molecule has 44 heavy (non-hydrogen) atoms. The van der Waals surface area contributed by atoms with Gasteiger partial charge in [0.1, 0.15) is 5.84 Å². The Labute approximate surface area is 267 Å². The van der Waals surface area contributed by atoms with Crippen LogP contribution in [0.2, 0.25) is 0 Å². The lowest BCUT2D eigenvalue weighted by Gasteiger charge is -2.23. The molecule has 2 aliphatic rings. The van der Waals surface area contributed by atoms with Crippen molar-refractivity contribution in [2.45, 2.75) is 13.5 Å². The minimum absolute atomic E-state index is 0. The molecule has 0 saturated carbocycles. The molecule has 0 aromatic heterocycles. The van der Waals surface area contributed by atoms with Crippen LogP contribution in [0.15, 0.2) is 131 Å². The van der Waals surface area contributed by atoms with Crippen molar-refractivity contribution in [1.29, 1.82) is 10.8 Å². The van der Waals surface area contributed by atoms with E-state index in [4.69, 9.17) is 5.41 Å². The van der Waals surface area contributed by atoms with Crippen LogP contribution in [-0.4, -0.2) is 16.8 Å². The first-order valence-electron chi connectivity index (χ1n) is 14.2. The van der Waals surface area contributed by atoms with E-state index in [-0.39, 0.29) is 18.2 Å². The second-order valence-corrected chi connectivity index (χ2v) is 11.5. The third-order valence-electron chi connectivity index (χ3n) is 7.83. The van der Waals surface area contributed by atoms with Gasteiger partial charge in [-0.15, -0.1) is 12.4 Å². The quantitative estimate of drug-likeness (QED) is 0.160. The summed E-state index contributed by atoms with van der Waals surface area (Å²) < 4.78 is 0. The van der Waals surface area contributed by atoms with Crippen LogP contribution in [0.3, 0.4) is 0 Å². The van der Waals surface area contributed by atoms with E-state index in [1.807, 2.05) is 48.5 Å². The van der Waals surface area contributed by atoms with E-state index in [0.29, 0.717) is 22.5 Å². The van der Waals surface area contributed by atoms with E-state index in [1.165, 1.54) is 11.8 Å². The van der Waals surface area contributed by atoms with Gasteiger partial charge >= 0.3 is 0 Å². The van der Waals surface area contributed by atoms with Crippen LogP contribution in [0.5, 0.6) is 0 Å². The number of halogens is 1. The summed E-state index contributed by atoms with van der Waals surface area (Å²) >= 11 is 1.45. The van der Waals surface area contributed by atoms with Gasteiger partial charge in [0, 0.05) is 23.2 Å². The van der Waals surface area contributed by atoms with Crippen molar-refractivity contribution >= 4 is 46.7 Å². The normalized spacial score (nSPS) is 15.3. The Bertz CT molecular complexity index is 1940. The van der Waals surface area contributed by atoms with Gasteiger partial charge in [-0.1, -0.05) is 121 Å². The second-order valence-electron chi connectivity index (χ2n) is 10.5. The van der Waals surface area contributed by atoms with Crippen molar-refractivity contribution in [2.24, 2.45) is 4.99 Å². The van der Waals surface area contributed by atoms with Gasteiger partial charge in [-0.3, -0.25) is 10.8 Å². The van der Waals surface area contributed by atoms with Crippen LogP contribution in [0.25, 0.3) is 39.1 Å². The van der Waals surface area contributed by atoms with Crippen molar-refractivity contribution in [2.75, 3.05) is 0 Å². The molecule has 0 amide bonds. The van der Waals surface area contributed by atoms with Crippen molar-refractivity contribution in [1.82, 2.24) is 10.6 Å². The van der Waals surface area contributed by atoms with E-state index in [1.54, 1.807) is 0 Å². The molecule has 0 spiro atoms. The average molecular weight is 612 g/mol. The number of benzene rings is 5. The highest BCUT2D eigenvalue weighted by Gasteiger charge is 2.36. The lowest BCUT2D eigenvalue weighted by molar-refractivity contribution is 0.930. The molecule has 2 aliphatic heterocycles. The minimum Gasteiger partial charge on any atom is -0.360 e. The molecule has 0 atom stereocenters. The maximum atomic E-state index is 9.28. The Balaban J connectivity index is 0.00000343. The molecule has 2 heterocycles. The Morgan fingerprint density at radius 2 is 1.11 bits per heavy atom. The van der Waals surface area contributed by atoms with E-state index in [2.05, 4.69) is 95.3 Å². The molecule has 7 heteroatoms. The fourth-order valence-electron chi connectivity index (χ4n) is 5.95. The summed E-state index contributed by atoms with van der Waals surface area (Å²) in [6, 6.07) is 41.4. The smallest absolute Gasteiger partial charge is 0.168 e. The fourth-order valence-corrected chi connectivity index (χ4v) is 6.82. The summed E-state index contributed by atoms with van der Waals surface area (Å²) in [7, 11) is 0. The summed E-state index contributed by atoms with van der Waals surface area (Å²) in [5, 5.41) is 25.6. The molecule has 4 N–H and O–H groups in total. The Hall–Kier alpha value is -4.91. The highest BCUT2D eigenvalue weighted by molar-refractivity contribution is 8.18. The van der Waals surface area contributed by atoms with E-state index in [9.17, 15) is 5.41 Å². The monoisotopic (exact) mass is 611 g/mol. The zero-order chi connectivity index (χ0) is 29.3. The maximum Gasteiger partial charge on any atom is 0.168 e. The van der Waals surface area contributed by atoms with Gasteiger partial charge in [-0.05, 0) is 57.6 Å². The first kappa shape index (κ1) is 29.2. The number of aliphatic imine (C=N–C) groups is 1. The van der Waals surface area contributed by atoms with Crippen LogP contribution in [0.1, 0.15) is 22.3 Å². The number of hydrogen-bond acceptors (Lipinski definition) is 4. The molecule has 0 saturated heterocycles. The Morgan fingerprint density at radius 3 is 1.66 bits per heavy atom. The number of fused-ring (bicyclic) bond motifs is 1. The number of amidine groups is 3. The van der Waals surface area contributed by atoms with Gasteiger partial charge in [-0.2, -0.15) is 0 Å². The fraction of sp³-hybridized carbons (Fsp3) is 0.0541. The van der Waals surface area contributed by atoms with Gasteiger partial charge in [0.25, 0.3) is 0 Å². The molecule has 7 rings (SSSR count). The van der Waals surface area contributed by atoms with E-state index < -0.39 is 0 Å². The van der Waals surface area contributed by atoms with Crippen LogP contribution in [-0.2, 0) is 6.54 Å². The van der Waals surface area contributed by atoms with Gasteiger partial charge in [0.15, 0.2) is 11.0 Å². The molecule has 0 unspecified atom stereocenters. The van der Waals surface area contributed by atoms with E-state index >= 15 is 0 Å². The van der Waals surface area contributed by atoms with Gasteiger partial charge in [-0.25, -0.2) is 4.99 Å². The molecule has 0 aliphatic carbocycles. The predicted molar refractivity (Wildman–Crippen MR) is 188 cm³/mol. The van der Waals surface area contributed by atoms with Crippen LogP contribution >= 0.6 is 24.2 Å². The summed E-state index contributed by atoms with van der Waals surface area (Å²) in [4.78, 5) is 5.28. The first-order valence-corrected chi connectivity index (χ1v) is 15.0. The molecule has 5 nitrogen and oxygen atoms in total. The topological polar surface area (TPSA) is 84.1 Å². The third kappa shape index (κ3) is 5.23. The van der Waals surface area contributed by atoms with Gasteiger partial charge < -0.3 is 10.6 Å². The van der Waals surface area contributed by atoms with Crippen molar-refractivity contribution < 1.29 is 0 Å². The van der Waals surface area contributed by atoms with Crippen LogP contribution in [0.4, 0.5) is 0 Å². The van der Waals surface area contributed by atoms with Gasteiger partial charge in [0.05, 0.1) is 10.6 Å². The van der Waals surface area contributed by atoms with Crippen molar-refractivity contribution in [3.63, 3.8) is 0 Å². The van der Waals surface area contributed by atoms with Crippen LogP contribution in [0, 0.1) is 17.7 Å². The van der Waals surface area contributed by atoms with E-state index in [0.717, 1.165) is 61.3 Å². The number of thioether (sulfide) groups is 1. The standard InChI is InChI=1S/C37H29N5S.ClH/c1-23-28(25-16-8-3-9-17-25)30(26-18-10-4-11-19-26)31(27-20-12-5-13-21-27)32-29(23)33(41-35(32)38)34-36(39)42-37(43-34)40-22-24-14-6-2-7-15-24;/h2-21H,22H2,1H3,(H2,38,41)(H2,39,40,42);1H/b34-33+;. The third-order valence-corrected chi connectivity index (χ3v) is 8.86. The van der Waals surface area contributed by atoms with Crippen molar-refractivity contribution in [3.05, 3.63) is 148 Å². The predicted octanol–water partition coefficient (Wildman–Crippen LogP) is 8.88. The molecule has 0 radical (unpaired) electrons. The second kappa shape index (κ2) is 12.4. The zero-order valence-electron chi connectivity index (χ0n) is 24.0. The SMILES string of the molecule is Cc1c2c(c(-c3ccccc3)c(-c3ccccc3)c1-c1ccccc1)C(=N)N/C2=C1/SC(NCc2ccccc2)=NC1=N.Cl. The minimum atomic E-state index is 0. The number of hydrogen-bond donors (Lipinski definition) is 4. The number of rotatable bonds is 5. The average Bonchev–Trinajstić information content (AvgIpc) is 3.60. The lowest BCUT2D eigenvalue weighted by Crippen LogP contribution is -2.18. The summed E-state index contributed by atoms with van der Waals surface area (Å²) in [5.74, 6) is 0.521. The molecule has 5 aromatic carbocycles. The lowest BCUT2D eigenvalue weighted by atomic mass is 9.79. The number of nitrogens with zero attached hydrogens (tertiary/aromatic N) is 1. The summed E-state index contributed by atoms with van der Waals surface area (Å²) in [6.07, 6.45) is 0. The maximum absolute atomic E-state index is 9.28. The Morgan fingerprint density at radius 1 is 0.636 bits per heavy atom. The summed E-state index contributed by atoms with van der Waals surface area (Å²) in [6.45, 7) is 2.76. The summed E-state index contributed by atoms with van der Waals surface area (Å²) in [5.41, 5.74) is 11.3. The molecule has 5 aromatic rings. The van der Waals surface area contributed by atoms with Crippen molar-refractivity contribution in [3.8, 4) is 33.4 Å². The highest BCUT2D eigenvalue weighted by Crippen LogP contribution is 2.50. The highest BCUT2D eigenvalue weighted by atomic mass is 35.5. The molecule has 0 bridgehead atoms. The molecule has 216 valence electrons. The van der Waals surface area contributed by atoms with Crippen LogP contribution < -0.4 is 10.6 Å². The molecular weight excluding hydrogens is 582 g/mol.